The van der Waals surface area contributed by atoms with Crippen molar-refractivity contribution in [3.8, 4) is 11.3 Å². The van der Waals surface area contributed by atoms with E-state index in [1.807, 2.05) is 12.1 Å². The van der Waals surface area contributed by atoms with Gasteiger partial charge in [0.2, 0.25) is 0 Å². The predicted molar refractivity (Wildman–Crippen MR) is 125 cm³/mol. The Balaban J connectivity index is 1.18. The number of carboxylic acids is 1. The second-order valence-electron chi connectivity index (χ2n) is 9.74. The highest BCUT2D eigenvalue weighted by atomic mass is 16.5. The van der Waals surface area contributed by atoms with Gasteiger partial charge in [-0.05, 0) is 63.1 Å². The van der Waals surface area contributed by atoms with Crippen LogP contribution in [0.5, 0.6) is 0 Å². The van der Waals surface area contributed by atoms with E-state index in [0.29, 0.717) is 24.6 Å². The van der Waals surface area contributed by atoms with Crippen molar-refractivity contribution >= 4 is 11.8 Å². The zero-order valence-corrected chi connectivity index (χ0v) is 19.2. The van der Waals surface area contributed by atoms with Crippen molar-refractivity contribution in [2.24, 2.45) is 0 Å². The largest absolute Gasteiger partial charge is 0.476 e. The maximum Gasteiger partial charge on any atom is 0.356 e. The number of hydrogen-bond acceptors (Lipinski definition) is 7. The van der Waals surface area contributed by atoms with E-state index in [-0.39, 0.29) is 11.8 Å². The molecule has 0 amide bonds. The third-order valence-corrected chi connectivity index (χ3v) is 7.45. The molecule has 2 bridgehead atoms. The van der Waals surface area contributed by atoms with Gasteiger partial charge in [0, 0.05) is 29.1 Å². The SMILES string of the molecule is Cc1ccccc1-c1noc(C2CC2)c1COC1CC2CC[C@@H](C1)N2c1ccc(C(=O)O)nn1. The number of anilines is 1. The summed E-state index contributed by atoms with van der Waals surface area (Å²) in [5, 5.41) is 21.6. The molecule has 1 aromatic carbocycles. The second-order valence-corrected chi connectivity index (χ2v) is 9.74. The third-order valence-electron chi connectivity index (χ3n) is 7.45. The van der Waals surface area contributed by atoms with Crippen LogP contribution in [0, 0.1) is 6.92 Å². The van der Waals surface area contributed by atoms with Crippen LogP contribution in [0.1, 0.15) is 71.8 Å². The summed E-state index contributed by atoms with van der Waals surface area (Å²) in [6.45, 7) is 2.61. The fourth-order valence-electron chi connectivity index (χ4n) is 5.59. The number of aromatic carboxylic acids is 1. The summed E-state index contributed by atoms with van der Waals surface area (Å²) < 4.78 is 12.4. The molecule has 2 aromatic heterocycles. The van der Waals surface area contributed by atoms with Crippen molar-refractivity contribution in [2.45, 2.75) is 76.2 Å². The van der Waals surface area contributed by atoms with Crippen molar-refractivity contribution in [2.75, 3.05) is 4.90 Å². The van der Waals surface area contributed by atoms with E-state index in [2.05, 4.69) is 39.3 Å². The molecule has 0 spiro atoms. The minimum Gasteiger partial charge on any atom is -0.476 e. The van der Waals surface area contributed by atoms with Crippen LogP contribution in [0.15, 0.2) is 40.9 Å². The maximum absolute atomic E-state index is 11.1. The lowest BCUT2D eigenvalue weighted by molar-refractivity contribution is 0.0145. The quantitative estimate of drug-likeness (QED) is 0.540. The molecule has 8 nitrogen and oxygen atoms in total. The summed E-state index contributed by atoms with van der Waals surface area (Å²) in [5.74, 6) is 1.16. The number of rotatable bonds is 7. The molecule has 3 fully saturated rings. The highest BCUT2D eigenvalue weighted by molar-refractivity contribution is 5.85. The van der Waals surface area contributed by atoms with Gasteiger partial charge in [-0.15, -0.1) is 10.2 Å². The van der Waals surface area contributed by atoms with Gasteiger partial charge >= 0.3 is 5.97 Å². The van der Waals surface area contributed by atoms with Crippen LogP contribution < -0.4 is 4.90 Å². The summed E-state index contributed by atoms with van der Waals surface area (Å²) in [6, 6.07) is 12.2. The van der Waals surface area contributed by atoms with Gasteiger partial charge in [0.05, 0.1) is 12.7 Å². The number of benzene rings is 1. The minimum atomic E-state index is -1.06. The van der Waals surface area contributed by atoms with E-state index >= 15 is 0 Å². The zero-order chi connectivity index (χ0) is 23.2. The Morgan fingerprint density at radius 2 is 1.85 bits per heavy atom. The summed E-state index contributed by atoms with van der Waals surface area (Å²) in [6.07, 6.45) is 6.47. The molecule has 0 radical (unpaired) electrons. The van der Waals surface area contributed by atoms with E-state index in [1.54, 1.807) is 6.07 Å². The molecule has 4 heterocycles. The van der Waals surface area contributed by atoms with Crippen LogP contribution in [-0.2, 0) is 11.3 Å². The minimum absolute atomic E-state index is 0.0287. The van der Waals surface area contributed by atoms with Crippen LogP contribution in [0.3, 0.4) is 0 Å². The van der Waals surface area contributed by atoms with Gasteiger partial charge in [0.25, 0.3) is 0 Å². The lowest BCUT2D eigenvalue weighted by Gasteiger charge is -2.39. The van der Waals surface area contributed by atoms with E-state index in [4.69, 9.17) is 14.4 Å². The van der Waals surface area contributed by atoms with Crippen LogP contribution in [0.4, 0.5) is 5.82 Å². The molecule has 3 atom stereocenters. The molecule has 2 saturated heterocycles. The molecule has 1 saturated carbocycles. The molecule has 2 aliphatic heterocycles. The van der Waals surface area contributed by atoms with Gasteiger partial charge < -0.3 is 19.3 Å². The van der Waals surface area contributed by atoms with Crippen molar-refractivity contribution in [3.63, 3.8) is 0 Å². The number of nitrogens with zero attached hydrogens (tertiary/aromatic N) is 4. The first-order valence-corrected chi connectivity index (χ1v) is 12.1. The van der Waals surface area contributed by atoms with Gasteiger partial charge in [0.15, 0.2) is 11.5 Å². The maximum atomic E-state index is 11.1. The molecule has 3 aromatic rings. The Morgan fingerprint density at radius 3 is 2.50 bits per heavy atom. The molecule has 34 heavy (non-hydrogen) atoms. The lowest BCUT2D eigenvalue weighted by Crippen LogP contribution is -2.46. The molecule has 176 valence electrons. The molecule has 2 unspecified atom stereocenters. The average Bonchev–Trinajstić information content (AvgIpc) is 3.55. The molecule has 1 N–H and O–H groups in total. The van der Waals surface area contributed by atoms with E-state index in [1.165, 1.54) is 11.6 Å². The number of aryl methyl sites for hydroxylation is 1. The van der Waals surface area contributed by atoms with E-state index in [9.17, 15) is 4.79 Å². The highest BCUT2D eigenvalue weighted by Gasteiger charge is 2.42. The molecular weight excluding hydrogens is 432 g/mol. The number of carboxylic acid groups (broad SMARTS) is 1. The van der Waals surface area contributed by atoms with Gasteiger partial charge in [-0.1, -0.05) is 29.4 Å². The first-order chi connectivity index (χ1) is 16.6. The Hall–Kier alpha value is -3.26. The topological polar surface area (TPSA) is 102 Å². The monoisotopic (exact) mass is 460 g/mol. The average molecular weight is 461 g/mol. The third kappa shape index (κ3) is 3.86. The summed E-state index contributed by atoms with van der Waals surface area (Å²) in [4.78, 5) is 13.4. The van der Waals surface area contributed by atoms with Crippen molar-refractivity contribution in [3.05, 3.63) is 59.0 Å². The fourth-order valence-corrected chi connectivity index (χ4v) is 5.59. The standard InChI is InChI=1S/C26H28N4O4/c1-15-4-2-3-5-20(15)24-21(25(34-29-24)16-6-7-16)14-33-19-12-17-8-9-18(13-19)30(17)23-11-10-22(26(31)32)27-28-23/h2-5,10-11,16-19H,6-9,12-14H2,1H3,(H,31,32)/t17-,18?,19?/m0/s1. The predicted octanol–water partition coefficient (Wildman–Crippen LogP) is 4.73. The summed E-state index contributed by atoms with van der Waals surface area (Å²) >= 11 is 0. The summed E-state index contributed by atoms with van der Waals surface area (Å²) in [7, 11) is 0. The van der Waals surface area contributed by atoms with Crippen LogP contribution >= 0.6 is 0 Å². The molecular formula is C26H28N4O4. The Morgan fingerprint density at radius 1 is 1.09 bits per heavy atom. The first kappa shape index (κ1) is 21.3. The Kier molecular flexibility index (Phi) is 5.32. The normalized spacial score (nSPS) is 23.9. The Bertz CT molecular complexity index is 1190. The number of fused-ring (bicyclic) bond motifs is 2. The molecule has 8 heteroatoms. The van der Waals surface area contributed by atoms with E-state index in [0.717, 1.165) is 66.9 Å². The van der Waals surface area contributed by atoms with Gasteiger partial charge in [-0.3, -0.25) is 0 Å². The summed E-state index contributed by atoms with van der Waals surface area (Å²) in [5.41, 5.74) is 4.27. The van der Waals surface area contributed by atoms with Crippen molar-refractivity contribution in [1.82, 2.24) is 15.4 Å². The van der Waals surface area contributed by atoms with Gasteiger partial charge in [-0.2, -0.15) is 0 Å². The first-order valence-electron chi connectivity index (χ1n) is 12.1. The number of carbonyl (C=O) groups is 1. The Labute approximate surface area is 197 Å². The lowest BCUT2D eigenvalue weighted by atomic mass is 9.98. The van der Waals surface area contributed by atoms with Crippen molar-refractivity contribution in [1.29, 1.82) is 0 Å². The number of aromatic nitrogens is 3. The van der Waals surface area contributed by atoms with Crippen LogP contribution in [0.2, 0.25) is 0 Å². The molecule has 3 aliphatic rings. The number of ether oxygens (including phenoxy) is 1. The smallest absolute Gasteiger partial charge is 0.356 e. The zero-order valence-electron chi connectivity index (χ0n) is 19.2. The van der Waals surface area contributed by atoms with Gasteiger partial charge in [0.1, 0.15) is 11.5 Å². The molecule has 6 rings (SSSR count). The van der Waals surface area contributed by atoms with E-state index < -0.39 is 5.97 Å². The number of piperidine rings is 1. The molecule has 1 aliphatic carbocycles. The number of hydrogen-bond donors (Lipinski definition) is 1. The fraction of sp³-hybridized carbons (Fsp3) is 0.462. The highest BCUT2D eigenvalue weighted by Crippen LogP contribution is 2.45. The van der Waals surface area contributed by atoms with Gasteiger partial charge in [-0.25, -0.2) is 4.79 Å². The van der Waals surface area contributed by atoms with Crippen LogP contribution in [0.25, 0.3) is 11.3 Å². The van der Waals surface area contributed by atoms with Crippen LogP contribution in [-0.4, -0.2) is 44.6 Å². The second kappa shape index (κ2) is 8.51. The van der Waals surface area contributed by atoms with Crippen molar-refractivity contribution < 1.29 is 19.2 Å².